The minimum atomic E-state index is -4.42. The number of hydrogen-bond donors (Lipinski definition) is 1. The van der Waals surface area contributed by atoms with E-state index in [-0.39, 0.29) is 19.7 Å². The van der Waals surface area contributed by atoms with Gasteiger partial charge in [-0.1, -0.05) is 12.1 Å². The van der Waals surface area contributed by atoms with Crippen molar-refractivity contribution in [2.24, 2.45) is 0 Å². The second-order valence-corrected chi connectivity index (χ2v) is 5.26. The number of ether oxygens (including phenoxy) is 1. The molecule has 0 unspecified atom stereocenters. The monoisotopic (exact) mass is 317 g/mol. The number of alkyl halides is 3. The third-order valence-electron chi connectivity index (χ3n) is 3.62. The van der Waals surface area contributed by atoms with E-state index in [0.717, 1.165) is 12.1 Å². The molecule has 2 atom stereocenters. The zero-order valence-electron chi connectivity index (χ0n) is 12.1. The molecule has 1 N–H and O–H groups in total. The van der Waals surface area contributed by atoms with Gasteiger partial charge in [0.2, 0.25) is 0 Å². The molecule has 0 saturated carbocycles. The molecule has 0 radical (unpaired) electrons. The molecular formula is C15H18F3NO3. The molecule has 0 spiro atoms. The van der Waals surface area contributed by atoms with E-state index in [4.69, 9.17) is 4.74 Å². The van der Waals surface area contributed by atoms with Crippen molar-refractivity contribution in [2.45, 2.75) is 31.7 Å². The van der Waals surface area contributed by atoms with Crippen LogP contribution in [0.15, 0.2) is 24.3 Å². The summed E-state index contributed by atoms with van der Waals surface area (Å²) in [5.41, 5.74) is -0.293. The predicted octanol–water partition coefficient (Wildman–Crippen LogP) is 2.38. The van der Waals surface area contributed by atoms with Crippen LogP contribution in [0, 0.1) is 0 Å². The average molecular weight is 317 g/mol. The smallest absolute Gasteiger partial charge is 0.416 e. The van der Waals surface area contributed by atoms with Crippen LogP contribution < -0.4 is 0 Å². The van der Waals surface area contributed by atoms with Crippen LogP contribution in [-0.2, 0) is 15.7 Å². The molecule has 4 nitrogen and oxygen atoms in total. The van der Waals surface area contributed by atoms with Crippen molar-refractivity contribution >= 4 is 5.97 Å². The van der Waals surface area contributed by atoms with E-state index in [1.54, 1.807) is 17.9 Å². The van der Waals surface area contributed by atoms with Gasteiger partial charge in [0, 0.05) is 12.6 Å². The van der Waals surface area contributed by atoms with Gasteiger partial charge in [-0.25, -0.2) is 0 Å². The van der Waals surface area contributed by atoms with Gasteiger partial charge in [0.1, 0.15) is 0 Å². The number of likely N-dealkylation sites (tertiary alicyclic amines) is 1. The molecule has 1 saturated heterocycles. The van der Waals surface area contributed by atoms with Crippen LogP contribution in [0.3, 0.4) is 0 Å². The minimum absolute atomic E-state index is 0.0498. The number of aliphatic hydroxyl groups excluding tert-OH is 1. The zero-order valence-corrected chi connectivity index (χ0v) is 12.1. The Balaban J connectivity index is 2.20. The lowest BCUT2D eigenvalue weighted by atomic mass is 10.0. The molecule has 1 aromatic carbocycles. The highest BCUT2D eigenvalue weighted by Crippen LogP contribution is 2.35. The maximum atomic E-state index is 12.8. The Labute approximate surface area is 126 Å². The van der Waals surface area contributed by atoms with Crippen molar-refractivity contribution < 1.29 is 27.8 Å². The van der Waals surface area contributed by atoms with Crippen molar-refractivity contribution in [3.8, 4) is 0 Å². The lowest BCUT2D eigenvalue weighted by Gasteiger charge is -2.24. The van der Waals surface area contributed by atoms with E-state index in [0.29, 0.717) is 12.0 Å². The van der Waals surface area contributed by atoms with Crippen molar-refractivity contribution in [3.63, 3.8) is 0 Å². The van der Waals surface area contributed by atoms with Crippen molar-refractivity contribution in [2.75, 3.05) is 19.7 Å². The molecular weight excluding hydrogens is 299 g/mol. The predicted molar refractivity (Wildman–Crippen MR) is 73.0 cm³/mol. The first-order valence-corrected chi connectivity index (χ1v) is 7.06. The highest BCUT2D eigenvalue weighted by molar-refractivity contribution is 5.71. The van der Waals surface area contributed by atoms with Crippen molar-refractivity contribution in [1.82, 2.24) is 4.90 Å². The molecule has 0 aromatic heterocycles. The standard InChI is InChI=1S/C15H18F3NO3/c1-2-22-14(21)9-19-8-12(20)7-13(19)10-4-3-5-11(6-10)15(16,17)18/h3-6,12-13,20H,2,7-9H2,1H3/t12-,13+/m1/s1. The number of hydrogen-bond acceptors (Lipinski definition) is 4. The Kier molecular flexibility index (Phi) is 5.08. The summed E-state index contributed by atoms with van der Waals surface area (Å²) >= 11 is 0. The summed E-state index contributed by atoms with van der Waals surface area (Å²) in [6, 6.07) is 4.56. The van der Waals surface area contributed by atoms with E-state index in [2.05, 4.69) is 0 Å². The molecule has 1 aliphatic rings. The highest BCUT2D eigenvalue weighted by atomic mass is 19.4. The first-order valence-electron chi connectivity index (χ1n) is 7.06. The lowest BCUT2D eigenvalue weighted by Crippen LogP contribution is -2.31. The maximum absolute atomic E-state index is 12.8. The van der Waals surface area contributed by atoms with E-state index >= 15 is 0 Å². The summed E-state index contributed by atoms with van der Waals surface area (Å²) in [4.78, 5) is 13.2. The van der Waals surface area contributed by atoms with Crippen LogP contribution in [-0.4, -0.2) is 41.8 Å². The zero-order chi connectivity index (χ0) is 16.3. The summed E-state index contributed by atoms with van der Waals surface area (Å²) in [6.07, 6.45) is -4.80. The summed E-state index contributed by atoms with van der Waals surface area (Å²) in [7, 11) is 0. The SMILES string of the molecule is CCOC(=O)CN1C[C@H](O)C[C@H]1c1cccc(C(F)(F)F)c1. The lowest BCUT2D eigenvalue weighted by molar-refractivity contribution is -0.144. The quantitative estimate of drug-likeness (QED) is 0.866. The topological polar surface area (TPSA) is 49.8 Å². The van der Waals surface area contributed by atoms with Crippen LogP contribution in [0.25, 0.3) is 0 Å². The molecule has 0 bridgehead atoms. The second-order valence-electron chi connectivity index (χ2n) is 5.26. The van der Waals surface area contributed by atoms with Crippen LogP contribution in [0.4, 0.5) is 13.2 Å². The number of aliphatic hydroxyl groups is 1. The van der Waals surface area contributed by atoms with Gasteiger partial charge in [0.05, 0.1) is 24.8 Å². The number of rotatable bonds is 4. The Hall–Kier alpha value is -1.60. The molecule has 1 aromatic rings. The maximum Gasteiger partial charge on any atom is 0.416 e. The third kappa shape index (κ3) is 3.98. The minimum Gasteiger partial charge on any atom is -0.465 e. The molecule has 0 aliphatic carbocycles. The summed E-state index contributed by atoms with van der Waals surface area (Å²) in [6.45, 7) is 2.11. The highest BCUT2D eigenvalue weighted by Gasteiger charge is 2.36. The molecule has 1 aliphatic heterocycles. The fraction of sp³-hybridized carbons (Fsp3) is 0.533. The van der Waals surface area contributed by atoms with Gasteiger partial charge in [0.25, 0.3) is 0 Å². The van der Waals surface area contributed by atoms with Crippen molar-refractivity contribution in [1.29, 1.82) is 0 Å². The van der Waals surface area contributed by atoms with E-state index in [1.807, 2.05) is 0 Å². The second kappa shape index (κ2) is 6.66. The Morgan fingerprint density at radius 1 is 1.45 bits per heavy atom. The first kappa shape index (κ1) is 16.8. The number of halogens is 3. The van der Waals surface area contributed by atoms with Gasteiger partial charge >= 0.3 is 12.1 Å². The van der Waals surface area contributed by atoms with Gasteiger partial charge in [-0.2, -0.15) is 13.2 Å². The molecule has 1 fully saturated rings. The number of esters is 1. The number of nitrogens with zero attached hydrogens (tertiary/aromatic N) is 1. The van der Waals surface area contributed by atoms with Crippen LogP contribution in [0.1, 0.15) is 30.5 Å². The average Bonchev–Trinajstić information content (AvgIpc) is 2.79. The number of benzene rings is 1. The summed E-state index contributed by atoms with van der Waals surface area (Å²) in [5, 5.41) is 9.79. The number of carbonyl (C=O) groups is 1. The normalized spacial score (nSPS) is 22.8. The molecule has 0 amide bonds. The van der Waals surface area contributed by atoms with Crippen molar-refractivity contribution in [3.05, 3.63) is 35.4 Å². The van der Waals surface area contributed by atoms with Crippen LogP contribution in [0.2, 0.25) is 0 Å². The molecule has 122 valence electrons. The molecule has 2 rings (SSSR count). The fourth-order valence-electron chi connectivity index (χ4n) is 2.70. The van der Waals surface area contributed by atoms with E-state index < -0.39 is 29.9 Å². The van der Waals surface area contributed by atoms with Gasteiger partial charge in [-0.3, -0.25) is 9.69 Å². The fourth-order valence-corrected chi connectivity index (χ4v) is 2.70. The molecule has 1 heterocycles. The van der Waals surface area contributed by atoms with E-state index in [9.17, 15) is 23.1 Å². The first-order chi connectivity index (χ1) is 10.3. The third-order valence-corrected chi connectivity index (χ3v) is 3.62. The van der Waals surface area contributed by atoms with E-state index in [1.165, 1.54) is 6.07 Å². The number of carbonyl (C=O) groups excluding carboxylic acids is 1. The van der Waals surface area contributed by atoms with Gasteiger partial charge in [-0.05, 0) is 31.0 Å². The van der Waals surface area contributed by atoms with Crippen LogP contribution in [0.5, 0.6) is 0 Å². The van der Waals surface area contributed by atoms with Gasteiger partial charge in [0.15, 0.2) is 0 Å². The Morgan fingerprint density at radius 3 is 2.82 bits per heavy atom. The largest absolute Gasteiger partial charge is 0.465 e. The van der Waals surface area contributed by atoms with Gasteiger partial charge < -0.3 is 9.84 Å². The molecule has 22 heavy (non-hydrogen) atoms. The summed E-state index contributed by atoms with van der Waals surface area (Å²) < 4.78 is 43.3. The summed E-state index contributed by atoms with van der Waals surface area (Å²) in [5.74, 6) is -0.450. The molecule has 7 heteroatoms. The van der Waals surface area contributed by atoms with Gasteiger partial charge in [-0.15, -0.1) is 0 Å². The number of β-amino-alcohol motifs (C(OH)–C–C–N with tert-alkyl or cyclic N) is 1. The Bertz CT molecular complexity index is 533. The van der Waals surface area contributed by atoms with Crippen LogP contribution >= 0.6 is 0 Å². The Morgan fingerprint density at radius 2 is 2.18 bits per heavy atom.